The van der Waals surface area contributed by atoms with E-state index in [4.69, 9.17) is 0 Å². The van der Waals surface area contributed by atoms with Gasteiger partial charge in [0.15, 0.2) is 0 Å². The molecule has 2 rings (SSSR count). The minimum Gasteiger partial charge on any atom is -0.314 e. The predicted octanol–water partition coefficient (Wildman–Crippen LogP) is 4.12. The summed E-state index contributed by atoms with van der Waals surface area (Å²) in [6.07, 6.45) is -3.55. The maximum atomic E-state index is 13.3. The number of nitrogens with zero attached hydrogens (tertiary/aromatic N) is 1. The molecule has 0 amide bonds. The molecule has 22 heavy (non-hydrogen) atoms. The molecule has 1 atom stereocenters. The van der Waals surface area contributed by atoms with Crippen molar-refractivity contribution in [2.45, 2.75) is 32.5 Å². The Bertz CT molecular complexity index is 457. The molecule has 1 aromatic carbocycles. The summed E-state index contributed by atoms with van der Waals surface area (Å²) in [5.74, 6) is 0.353. The Morgan fingerprint density at radius 1 is 1.14 bits per heavy atom. The van der Waals surface area contributed by atoms with Gasteiger partial charge in [0.25, 0.3) is 0 Å². The van der Waals surface area contributed by atoms with Crippen LogP contribution in [0.3, 0.4) is 0 Å². The Kier molecular flexibility index (Phi) is 7.16. The molecule has 1 heterocycles. The fourth-order valence-electron chi connectivity index (χ4n) is 2.96. The molecule has 1 aromatic rings. The molecule has 0 radical (unpaired) electrons. The molecule has 1 fully saturated rings. The average molecular weight is 337 g/mol. The van der Waals surface area contributed by atoms with Crippen molar-refractivity contribution in [3.63, 3.8) is 0 Å². The molecule has 0 aliphatic carbocycles. The summed E-state index contributed by atoms with van der Waals surface area (Å²) < 4.78 is 39.8. The van der Waals surface area contributed by atoms with E-state index in [1.165, 1.54) is 12.1 Å². The van der Waals surface area contributed by atoms with Gasteiger partial charge in [0.2, 0.25) is 0 Å². The third-order valence-corrected chi connectivity index (χ3v) is 3.91. The second kappa shape index (κ2) is 8.18. The Morgan fingerprint density at radius 2 is 1.73 bits per heavy atom. The second-order valence-corrected chi connectivity index (χ2v) is 6.02. The van der Waals surface area contributed by atoms with Gasteiger partial charge in [-0.25, -0.2) is 0 Å². The number of alkyl halides is 3. The minimum atomic E-state index is -4.29. The highest BCUT2D eigenvalue weighted by Crippen LogP contribution is 2.38. The van der Waals surface area contributed by atoms with Crippen LogP contribution in [-0.4, -0.2) is 31.1 Å². The zero-order valence-corrected chi connectivity index (χ0v) is 13.8. The van der Waals surface area contributed by atoms with Gasteiger partial charge >= 0.3 is 6.18 Å². The van der Waals surface area contributed by atoms with Crippen LogP contribution in [0.5, 0.6) is 0 Å². The Labute approximate surface area is 136 Å². The number of rotatable bonds is 4. The third kappa shape index (κ3) is 4.86. The van der Waals surface area contributed by atoms with Crippen LogP contribution in [0.25, 0.3) is 0 Å². The Morgan fingerprint density at radius 3 is 2.27 bits per heavy atom. The monoisotopic (exact) mass is 336 g/mol. The van der Waals surface area contributed by atoms with Gasteiger partial charge < -0.3 is 5.32 Å². The largest absolute Gasteiger partial charge is 0.416 e. The molecule has 0 aromatic heterocycles. The lowest BCUT2D eigenvalue weighted by Gasteiger charge is -2.37. The highest BCUT2D eigenvalue weighted by molar-refractivity contribution is 5.85. The molecule has 2 nitrogen and oxygen atoms in total. The number of benzene rings is 1. The van der Waals surface area contributed by atoms with E-state index in [9.17, 15) is 13.2 Å². The normalized spacial score (nSPS) is 18.1. The summed E-state index contributed by atoms with van der Waals surface area (Å²) in [6, 6.07) is 5.85. The van der Waals surface area contributed by atoms with E-state index in [0.29, 0.717) is 11.5 Å². The fourth-order valence-corrected chi connectivity index (χ4v) is 2.96. The second-order valence-electron chi connectivity index (χ2n) is 6.02. The molecule has 0 spiro atoms. The summed E-state index contributed by atoms with van der Waals surface area (Å²) in [5.41, 5.74) is -0.0743. The Hall–Kier alpha value is -0.780. The van der Waals surface area contributed by atoms with Gasteiger partial charge in [0.05, 0.1) is 5.56 Å². The molecule has 1 aliphatic heterocycles. The first-order valence-corrected chi connectivity index (χ1v) is 7.50. The van der Waals surface area contributed by atoms with Crippen molar-refractivity contribution in [3.05, 3.63) is 35.4 Å². The van der Waals surface area contributed by atoms with Gasteiger partial charge in [0, 0.05) is 32.2 Å². The first kappa shape index (κ1) is 19.3. The summed E-state index contributed by atoms with van der Waals surface area (Å²) in [5, 5.41) is 3.26. The van der Waals surface area contributed by atoms with E-state index >= 15 is 0 Å². The zero-order chi connectivity index (χ0) is 15.5. The lowest BCUT2D eigenvalue weighted by molar-refractivity contribution is -0.138. The fraction of sp³-hybridized carbons (Fsp3) is 0.625. The van der Waals surface area contributed by atoms with E-state index in [2.05, 4.69) is 24.1 Å². The van der Waals surface area contributed by atoms with Gasteiger partial charge in [0.1, 0.15) is 0 Å². The molecule has 126 valence electrons. The van der Waals surface area contributed by atoms with Crippen molar-refractivity contribution >= 4 is 12.4 Å². The summed E-state index contributed by atoms with van der Waals surface area (Å²) in [7, 11) is 0. The smallest absolute Gasteiger partial charge is 0.314 e. The van der Waals surface area contributed by atoms with Crippen molar-refractivity contribution in [2.24, 2.45) is 5.92 Å². The number of piperazine rings is 1. The average Bonchev–Trinajstić information content (AvgIpc) is 2.44. The Balaban J connectivity index is 0.00000242. The van der Waals surface area contributed by atoms with Crippen molar-refractivity contribution in [1.29, 1.82) is 0 Å². The van der Waals surface area contributed by atoms with Crippen LogP contribution in [0.1, 0.15) is 37.4 Å². The van der Waals surface area contributed by atoms with Crippen molar-refractivity contribution in [3.8, 4) is 0 Å². The van der Waals surface area contributed by atoms with Crippen LogP contribution in [0.15, 0.2) is 24.3 Å². The molecular formula is C16H24ClF3N2. The molecule has 0 unspecified atom stereocenters. The van der Waals surface area contributed by atoms with Gasteiger partial charge in [-0.3, -0.25) is 4.90 Å². The van der Waals surface area contributed by atoms with Gasteiger partial charge in [-0.05, 0) is 24.0 Å². The molecule has 1 saturated heterocycles. The van der Waals surface area contributed by atoms with Crippen molar-refractivity contribution < 1.29 is 13.2 Å². The maximum Gasteiger partial charge on any atom is 0.416 e. The topological polar surface area (TPSA) is 15.3 Å². The lowest BCUT2D eigenvalue weighted by atomic mass is 9.91. The number of halogens is 4. The van der Waals surface area contributed by atoms with E-state index in [0.717, 1.165) is 32.6 Å². The van der Waals surface area contributed by atoms with E-state index in [-0.39, 0.29) is 18.4 Å². The molecule has 0 saturated carbocycles. The number of hydrogen-bond donors (Lipinski definition) is 1. The van der Waals surface area contributed by atoms with E-state index in [1.807, 2.05) is 0 Å². The van der Waals surface area contributed by atoms with Crippen LogP contribution in [0.2, 0.25) is 0 Å². The van der Waals surface area contributed by atoms with Gasteiger partial charge in [-0.2, -0.15) is 13.2 Å². The molecular weight excluding hydrogens is 313 g/mol. The quantitative estimate of drug-likeness (QED) is 0.889. The zero-order valence-electron chi connectivity index (χ0n) is 13.0. The SMILES string of the molecule is CC(C)C[C@@H](c1ccccc1C(F)(F)F)N1CCNCC1.Cl. The van der Waals surface area contributed by atoms with Crippen LogP contribution in [-0.2, 0) is 6.18 Å². The summed E-state index contributed by atoms with van der Waals surface area (Å²) in [6.45, 7) is 7.38. The van der Waals surface area contributed by atoms with E-state index < -0.39 is 11.7 Å². The first-order chi connectivity index (χ1) is 9.89. The van der Waals surface area contributed by atoms with Crippen LogP contribution in [0.4, 0.5) is 13.2 Å². The van der Waals surface area contributed by atoms with Gasteiger partial charge in [-0.15, -0.1) is 12.4 Å². The number of nitrogens with one attached hydrogen (secondary N) is 1. The van der Waals surface area contributed by atoms with Crippen molar-refractivity contribution in [2.75, 3.05) is 26.2 Å². The summed E-state index contributed by atoms with van der Waals surface area (Å²) in [4.78, 5) is 2.18. The standard InChI is InChI=1S/C16H23F3N2.ClH/c1-12(2)11-15(21-9-7-20-8-10-21)13-5-3-4-6-14(13)16(17,18)19;/h3-6,12,15,20H,7-11H2,1-2H3;1H/t15-;/m0./s1. The molecule has 6 heteroatoms. The molecule has 1 N–H and O–H groups in total. The lowest BCUT2D eigenvalue weighted by Crippen LogP contribution is -2.45. The highest BCUT2D eigenvalue weighted by Gasteiger charge is 2.36. The third-order valence-electron chi connectivity index (χ3n) is 3.91. The molecule has 1 aliphatic rings. The van der Waals surface area contributed by atoms with Crippen LogP contribution < -0.4 is 5.32 Å². The maximum absolute atomic E-state index is 13.3. The van der Waals surface area contributed by atoms with Gasteiger partial charge in [-0.1, -0.05) is 32.0 Å². The van der Waals surface area contributed by atoms with Crippen molar-refractivity contribution in [1.82, 2.24) is 10.2 Å². The summed E-state index contributed by atoms with van der Waals surface area (Å²) >= 11 is 0. The predicted molar refractivity (Wildman–Crippen MR) is 85.3 cm³/mol. The van der Waals surface area contributed by atoms with Crippen LogP contribution >= 0.6 is 12.4 Å². The highest BCUT2D eigenvalue weighted by atomic mass is 35.5. The first-order valence-electron chi connectivity index (χ1n) is 7.50. The minimum absolute atomic E-state index is 0. The number of hydrogen-bond acceptors (Lipinski definition) is 2. The van der Waals surface area contributed by atoms with Crippen LogP contribution in [0, 0.1) is 5.92 Å². The molecule has 0 bridgehead atoms. The van der Waals surface area contributed by atoms with E-state index in [1.54, 1.807) is 12.1 Å².